The lowest BCUT2D eigenvalue weighted by molar-refractivity contribution is -0.138. The summed E-state index contributed by atoms with van der Waals surface area (Å²) in [6, 6.07) is 6.02. The average Bonchev–Trinajstić information content (AvgIpc) is 2.76. The molecule has 0 spiro atoms. The lowest BCUT2D eigenvalue weighted by Crippen LogP contribution is -2.24. The number of guanidine groups is 1. The minimum absolute atomic E-state index is 0.0279. The second-order valence-corrected chi connectivity index (χ2v) is 6.78. The van der Waals surface area contributed by atoms with Crippen LogP contribution in [0.15, 0.2) is 41.4 Å². The first-order valence-electron chi connectivity index (χ1n) is 9.78. The molecular weight excluding hydrogens is 468 g/mol. The monoisotopic (exact) mass is 491 g/mol. The quantitative estimate of drug-likeness (QED) is 0.278. The van der Waals surface area contributed by atoms with Gasteiger partial charge in [-0.2, -0.15) is 31.3 Å². The summed E-state index contributed by atoms with van der Waals surface area (Å²) >= 11 is 0. The van der Waals surface area contributed by atoms with Crippen molar-refractivity contribution >= 4 is 17.8 Å². The average molecular weight is 491 g/mol. The summed E-state index contributed by atoms with van der Waals surface area (Å²) in [5.74, 6) is -2.11. The number of methoxy groups -OCH3 is 1. The molecule has 2 rings (SSSR count). The first-order valence-corrected chi connectivity index (χ1v) is 9.78. The van der Waals surface area contributed by atoms with Crippen LogP contribution in [-0.2, 0) is 29.9 Å². The number of ether oxygens (including phenoxy) is 1. The molecule has 0 saturated heterocycles. The molecule has 0 aliphatic heterocycles. The van der Waals surface area contributed by atoms with Gasteiger partial charge < -0.3 is 16.2 Å². The number of carbonyl (C=O) groups is 2. The highest BCUT2D eigenvalue weighted by Gasteiger charge is 2.32. The molecule has 0 saturated carbocycles. The number of nitrogens with zero attached hydrogens (tertiary/aromatic N) is 1. The summed E-state index contributed by atoms with van der Waals surface area (Å²) in [6.45, 7) is 3.48. The van der Waals surface area contributed by atoms with E-state index in [4.69, 9.17) is 11.5 Å². The number of aryl methyl sites for hydroxylation is 2. The van der Waals surface area contributed by atoms with Crippen molar-refractivity contribution in [2.24, 2.45) is 16.5 Å². The van der Waals surface area contributed by atoms with Crippen LogP contribution >= 0.6 is 0 Å². The van der Waals surface area contributed by atoms with Gasteiger partial charge in [-0.25, -0.2) is 4.79 Å². The smallest absolute Gasteiger partial charge is 0.416 e. The van der Waals surface area contributed by atoms with Crippen molar-refractivity contribution in [3.05, 3.63) is 69.8 Å². The Morgan fingerprint density at radius 3 is 1.59 bits per heavy atom. The Morgan fingerprint density at radius 1 is 0.824 bits per heavy atom. The van der Waals surface area contributed by atoms with E-state index in [0.29, 0.717) is 24.0 Å². The predicted molar refractivity (Wildman–Crippen MR) is 113 cm³/mol. The van der Waals surface area contributed by atoms with Crippen molar-refractivity contribution in [1.29, 1.82) is 0 Å². The van der Waals surface area contributed by atoms with Gasteiger partial charge in [0, 0.05) is 5.56 Å². The van der Waals surface area contributed by atoms with Crippen molar-refractivity contribution in [3.63, 3.8) is 0 Å². The van der Waals surface area contributed by atoms with E-state index in [2.05, 4.69) is 9.73 Å². The molecule has 1 amide bonds. The molecule has 4 N–H and O–H groups in total. The zero-order valence-corrected chi connectivity index (χ0v) is 18.5. The summed E-state index contributed by atoms with van der Waals surface area (Å²) < 4.78 is 79.3. The molecule has 2 aromatic carbocycles. The van der Waals surface area contributed by atoms with Crippen molar-refractivity contribution < 1.29 is 40.7 Å². The third kappa shape index (κ3) is 7.78. The van der Waals surface area contributed by atoms with Crippen molar-refractivity contribution in [2.75, 3.05) is 7.11 Å². The van der Waals surface area contributed by atoms with Crippen molar-refractivity contribution in [2.45, 2.75) is 39.0 Å². The minimum Gasteiger partial charge on any atom is -0.465 e. The molecule has 0 unspecified atom stereocenters. The molecule has 0 bridgehead atoms. The number of hydrogen-bond donors (Lipinski definition) is 2. The Bertz CT molecular complexity index is 1060. The molecule has 2 aromatic rings. The van der Waals surface area contributed by atoms with E-state index >= 15 is 0 Å². The molecule has 34 heavy (non-hydrogen) atoms. The van der Waals surface area contributed by atoms with Crippen LogP contribution in [0, 0.1) is 0 Å². The number of rotatable bonds is 4. The standard InChI is InChI=1S/C11H12F3N3O.C11H11F3O2/c1-2-6-3-4-7(11(12,13)14)5-8(6)9(18)17-10(15)16;1-3-7-4-5-8(11(12,13)14)6-9(7)10(15)16-2/h3-5H,2H2,1H3,(H4,15,16,17,18);4-6H,3H2,1-2H3. The highest BCUT2D eigenvalue weighted by Crippen LogP contribution is 2.32. The van der Waals surface area contributed by atoms with Crippen LogP contribution in [0.4, 0.5) is 26.3 Å². The summed E-state index contributed by atoms with van der Waals surface area (Å²) in [7, 11) is 1.14. The number of esters is 1. The molecule has 0 aromatic heterocycles. The molecule has 6 nitrogen and oxygen atoms in total. The van der Waals surface area contributed by atoms with Gasteiger partial charge in [0.25, 0.3) is 5.91 Å². The predicted octanol–water partition coefficient (Wildman–Crippen LogP) is 4.74. The lowest BCUT2D eigenvalue weighted by atomic mass is 10.0. The van der Waals surface area contributed by atoms with Crippen LogP contribution in [-0.4, -0.2) is 24.9 Å². The molecule has 0 aliphatic rings. The number of alkyl halides is 6. The van der Waals surface area contributed by atoms with E-state index < -0.39 is 41.3 Å². The fourth-order valence-electron chi connectivity index (χ4n) is 2.80. The molecule has 0 heterocycles. The molecule has 12 heteroatoms. The molecule has 186 valence electrons. The number of amides is 1. The summed E-state index contributed by atoms with van der Waals surface area (Å²) in [4.78, 5) is 26.1. The maximum Gasteiger partial charge on any atom is 0.416 e. The first-order chi connectivity index (χ1) is 15.6. The Labute approximate surface area is 191 Å². The fourth-order valence-corrected chi connectivity index (χ4v) is 2.80. The van der Waals surface area contributed by atoms with E-state index in [1.165, 1.54) is 12.1 Å². The van der Waals surface area contributed by atoms with Crippen LogP contribution < -0.4 is 11.5 Å². The van der Waals surface area contributed by atoms with Gasteiger partial charge in [-0.05, 0) is 48.2 Å². The Kier molecular flexibility index (Phi) is 9.65. The van der Waals surface area contributed by atoms with E-state index in [9.17, 15) is 35.9 Å². The highest BCUT2D eigenvalue weighted by atomic mass is 19.4. The number of aliphatic imine (C=N–C) groups is 1. The van der Waals surface area contributed by atoms with Gasteiger partial charge in [0.05, 0.1) is 23.8 Å². The van der Waals surface area contributed by atoms with E-state index in [-0.39, 0.29) is 11.1 Å². The fraction of sp³-hybridized carbons (Fsp3) is 0.318. The maximum absolute atomic E-state index is 12.5. The van der Waals surface area contributed by atoms with Gasteiger partial charge in [-0.15, -0.1) is 0 Å². The number of hydrogen-bond acceptors (Lipinski definition) is 3. The molecule has 0 atom stereocenters. The highest BCUT2D eigenvalue weighted by molar-refractivity contribution is 6.03. The van der Waals surface area contributed by atoms with Crippen molar-refractivity contribution in [3.8, 4) is 0 Å². The maximum atomic E-state index is 12.5. The Morgan fingerprint density at radius 2 is 1.24 bits per heavy atom. The topological polar surface area (TPSA) is 108 Å². The van der Waals surface area contributed by atoms with Gasteiger partial charge in [0.1, 0.15) is 0 Å². The third-order valence-corrected chi connectivity index (χ3v) is 4.50. The van der Waals surface area contributed by atoms with Crippen LogP contribution in [0.1, 0.15) is 56.8 Å². The summed E-state index contributed by atoms with van der Waals surface area (Å²) in [5.41, 5.74) is 9.14. The number of carbonyl (C=O) groups excluding carboxylic acids is 2. The minimum atomic E-state index is -4.51. The van der Waals surface area contributed by atoms with Crippen molar-refractivity contribution in [1.82, 2.24) is 0 Å². The zero-order valence-electron chi connectivity index (χ0n) is 18.5. The van der Waals surface area contributed by atoms with Crippen LogP contribution in [0.5, 0.6) is 0 Å². The SMILES string of the molecule is CCc1ccc(C(F)(F)F)cc1C(=O)N=C(N)N.CCc1ccc(C(F)(F)F)cc1C(=O)OC. The van der Waals surface area contributed by atoms with Crippen LogP contribution in [0.3, 0.4) is 0 Å². The number of halogens is 6. The van der Waals surface area contributed by atoms with Gasteiger partial charge >= 0.3 is 18.3 Å². The molecule has 0 fully saturated rings. The first kappa shape index (κ1) is 28.5. The second-order valence-electron chi connectivity index (χ2n) is 6.78. The molecule has 0 aliphatic carbocycles. The summed E-state index contributed by atoms with van der Waals surface area (Å²) in [6.07, 6.45) is -8.09. The van der Waals surface area contributed by atoms with Gasteiger partial charge in [0.15, 0.2) is 5.96 Å². The second kappa shape index (κ2) is 11.5. The lowest BCUT2D eigenvalue weighted by Gasteiger charge is -2.11. The van der Waals surface area contributed by atoms with Crippen LogP contribution in [0.2, 0.25) is 0 Å². The van der Waals surface area contributed by atoms with Gasteiger partial charge in [0.2, 0.25) is 0 Å². The normalized spacial score (nSPS) is 11.2. The number of nitrogens with two attached hydrogens (primary N) is 2. The third-order valence-electron chi connectivity index (χ3n) is 4.50. The van der Waals surface area contributed by atoms with Gasteiger partial charge in [-0.3, -0.25) is 4.79 Å². The van der Waals surface area contributed by atoms with Gasteiger partial charge in [-0.1, -0.05) is 26.0 Å². The Hall–Kier alpha value is -3.57. The number of benzene rings is 2. The van der Waals surface area contributed by atoms with E-state index in [0.717, 1.165) is 31.4 Å². The summed E-state index contributed by atoms with van der Waals surface area (Å²) in [5, 5.41) is 0. The molecule has 0 radical (unpaired) electrons. The van der Waals surface area contributed by atoms with Crippen LogP contribution in [0.25, 0.3) is 0 Å². The molecular formula is C22H23F6N3O3. The largest absolute Gasteiger partial charge is 0.465 e. The Balaban J connectivity index is 0.000000342. The zero-order chi connectivity index (χ0) is 26.3. The van der Waals surface area contributed by atoms with E-state index in [1.807, 2.05) is 0 Å². The van der Waals surface area contributed by atoms with E-state index in [1.54, 1.807) is 13.8 Å².